The van der Waals surface area contributed by atoms with Gasteiger partial charge in [-0.3, -0.25) is 9.59 Å². The standard InChI is InChI=1S/C7H6O2.C4H6O4.Na/c8-7(9)6-4-2-1-3-5-6;5-3(6)1-2-4(7)8;/h1-5H,(H,8,9);1-2H2,(H,5,6)(H,7,8);/q;;+1/p-1. The molecule has 0 unspecified atom stereocenters. The maximum atomic E-state index is 10.1. The zero-order valence-corrected chi connectivity index (χ0v) is 11.8. The second kappa shape index (κ2) is 10.8. The second-order valence-corrected chi connectivity index (χ2v) is 2.94. The largest absolute Gasteiger partial charge is 1.00 e. The molecule has 0 radical (unpaired) electrons. The SMILES string of the molecule is O=C(O)CCC(=O)O.O=C([O-])c1ccccc1.[Na+]. The molecule has 7 heteroatoms. The molecule has 0 heterocycles. The average Bonchev–Trinajstić information content (AvgIpc) is 2.28. The molecule has 0 amide bonds. The Morgan fingerprint density at radius 3 is 1.56 bits per heavy atom. The van der Waals surface area contributed by atoms with Crippen molar-refractivity contribution in [1.82, 2.24) is 0 Å². The van der Waals surface area contributed by atoms with Gasteiger partial charge in [0.1, 0.15) is 0 Å². The number of carbonyl (C=O) groups excluding carboxylic acids is 1. The Bertz CT molecular complexity index is 376. The van der Waals surface area contributed by atoms with Crippen LogP contribution in [0.25, 0.3) is 0 Å². The maximum Gasteiger partial charge on any atom is 1.00 e. The third kappa shape index (κ3) is 11.1. The van der Waals surface area contributed by atoms with Gasteiger partial charge in [-0.2, -0.15) is 0 Å². The van der Waals surface area contributed by atoms with Gasteiger partial charge < -0.3 is 20.1 Å². The molecule has 0 spiro atoms. The van der Waals surface area contributed by atoms with Gasteiger partial charge in [0, 0.05) is 0 Å². The van der Waals surface area contributed by atoms with E-state index in [-0.39, 0.29) is 48.0 Å². The van der Waals surface area contributed by atoms with Crippen molar-refractivity contribution < 1.29 is 59.3 Å². The number of carboxylic acids is 3. The van der Waals surface area contributed by atoms with Crippen molar-refractivity contribution in [3.8, 4) is 0 Å². The van der Waals surface area contributed by atoms with Gasteiger partial charge in [0.15, 0.2) is 0 Å². The smallest absolute Gasteiger partial charge is 0.545 e. The molecular formula is C11H11NaO6. The monoisotopic (exact) mass is 262 g/mol. The molecule has 1 aromatic rings. The van der Waals surface area contributed by atoms with E-state index in [2.05, 4.69) is 0 Å². The van der Waals surface area contributed by atoms with E-state index in [9.17, 15) is 19.5 Å². The minimum absolute atomic E-state index is 0. The minimum atomic E-state index is -1.13. The second-order valence-electron chi connectivity index (χ2n) is 2.94. The van der Waals surface area contributed by atoms with Gasteiger partial charge in [-0.25, -0.2) is 0 Å². The molecular weight excluding hydrogens is 251 g/mol. The van der Waals surface area contributed by atoms with Crippen LogP contribution in [0.4, 0.5) is 0 Å². The summed E-state index contributed by atoms with van der Waals surface area (Å²) >= 11 is 0. The van der Waals surface area contributed by atoms with Crippen LogP contribution in [0.15, 0.2) is 30.3 Å². The van der Waals surface area contributed by atoms with Crippen molar-refractivity contribution in [3.05, 3.63) is 35.9 Å². The van der Waals surface area contributed by atoms with E-state index < -0.39 is 17.9 Å². The van der Waals surface area contributed by atoms with Crippen LogP contribution in [0.3, 0.4) is 0 Å². The van der Waals surface area contributed by atoms with Gasteiger partial charge in [-0.05, 0) is 5.56 Å². The molecule has 1 aromatic carbocycles. The van der Waals surface area contributed by atoms with E-state index >= 15 is 0 Å². The summed E-state index contributed by atoms with van der Waals surface area (Å²) in [5.74, 6) is -3.28. The number of aliphatic carboxylic acids is 2. The maximum absolute atomic E-state index is 10.1. The fraction of sp³-hybridized carbons (Fsp3) is 0.182. The number of benzene rings is 1. The van der Waals surface area contributed by atoms with Crippen LogP contribution < -0.4 is 34.7 Å². The molecule has 0 saturated carbocycles. The number of aromatic carboxylic acids is 1. The molecule has 18 heavy (non-hydrogen) atoms. The molecule has 1 rings (SSSR count). The van der Waals surface area contributed by atoms with Crippen LogP contribution in [0, 0.1) is 0 Å². The molecule has 0 saturated heterocycles. The van der Waals surface area contributed by atoms with Crippen molar-refractivity contribution in [2.45, 2.75) is 12.8 Å². The zero-order valence-electron chi connectivity index (χ0n) is 9.83. The average molecular weight is 262 g/mol. The van der Waals surface area contributed by atoms with Gasteiger partial charge in [0.25, 0.3) is 0 Å². The first-order valence-corrected chi connectivity index (χ1v) is 4.63. The van der Waals surface area contributed by atoms with Crippen LogP contribution in [0.1, 0.15) is 23.2 Å². The summed E-state index contributed by atoms with van der Waals surface area (Å²) in [7, 11) is 0. The van der Waals surface area contributed by atoms with Crippen molar-refractivity contribution >= 4 is 17.9 Å². The van der Waals surface area contributed by atoms with Crippen LogP contribution >= 0.6 is 0 Å². The topological polar surface area (TPSA) is 115 Å². The van der Waals surface area contributed by atoms with Crippen molar-refractivity contribution in [1.29, 1.82) is 0 Å². The first-order chi connectivity index (χ1) is 7.93. The van der Waals surface area contributed by atoms with Crippen LogP contribution in [0.2, 0.25) is 0 Å². The van der Waals surface area contributed by atoms with E-state index in [4.69, 9.17) is 10.2 Å². The van der Waals surface area contributed by atoms with E-state index in [1.165, 1.54) is 12.1 Å². The molecule has 92 valence electrons. The summed E-state index contributed by atoms with van der Waals surface area (Å²) in [4.78, 5) is 29.4. The zero-order chi connectivity index (χ0) is 13.3. The molecule has 0 aliphatic carbocycles. The van der Waals surface area contributed by atoms with Crippen LogP contribution in [-0.2, 0) is 9.59 Å². The molecule has 0 aliphatic rings. The Hall–Kier alpha value is -1.37. The molecule has 0 bridgehead atoms. The molecule has 0 aromatic heterocycles. The number of hydrogen-bond acceptors (Lipinski definition) is 4. The normalized spacial score (nSPS) is 8.22. The predicted molar refractivity (Wildman–Crippen MR) is 55.3 cm³/mol. The summed E-state index contributed by atoms with van der Waals surface area (Å²) < 4.78 is 0. The predicted octanol–water partition coefficient (Wildman–Crippen LogP) is -3.01. The summed E-state index contributed by atoms with van der Waals surface area (Å²) in [6, 6.07) is 8.06. The third-order valence-electron chi connectivity index (χ3n) is 1.56. The van der Waals surface area contributed by atoms with Gasteiger partial charge in [-0.1, -0.05) is 30.3 Å². The van der Waals surface area contributed by atoms with E-state index in [0.29, 0.717) is 0 Å². The summed E-state index contributed by atoms with van der Waals surface area (Å²) in [6.07, 6.45) is -0.593. The van der Waals surface area contributed by atoms with Crippen LogP contribution in [-0.4, -0.2) is 28.1 Å². The molecule has 6 nitrogen and oxygen atoms in total. The fourth-order valence-corrected chi connectivity index (χ4v) is 0.788. The van der Waals surface area contributed by atoms with Gasteiger partial charge in [0.05, 0.1) is 18.8 Å². The first-order valence-electron chi connectivity index (χ1n) is 4.63. The first kappa shape index (κ1) is 19.0. The van der Waals surface area contributed by atoms with Crippen molar-refractivity contribution in [2.75, 3.05) is 0 Å². The summed E-state index contributed by atoms with van der Waals surface area (Å²) in [6.45, 7) is 0. The number of carboxylic acid groups (broad SMARTS) is 3. The van der Waals surface area contributed by atoms with Gasteiger partial charge >= 0.3 is 41.5 Å². The number of rotatable bonds is 4. The Balaban J connectivity index is 0. The van der Waals surface area contributed by atoms with Crippen molar-refractivity contribution in [2.24, 2.45) is 0 Å². The Morgan fingerprint density at radius 1 is 0.944 bits per heavy atom. The number of carbonyl (C=O) groups is 3. The number of hydrogen-bond donors (Lipinski definition) is 2. The van der Waals surface area contributed by atoms with Crippen LogP contribution in [0.5, 0.6) is 0 Å². The van der Waals surface area contributed by atoms with E-state index in [1.54, 1.807) is 18.2 Å². The molecule has 0 aliphatic heterocycles. The van der Waals surface area contributed by atoms with Gasteiger partial charge in [0.2, 0.25) is 0 Å². The fourth-order valence-electron chi connectivity index (χ4n) is 0.788. The Labute approximate surface area is 126 Å². The molecule has 0 atom stereocenters. The van der Waals surface area contributed by atoms with Gasteiger partial charge in [-0.15, -0.1) is 0 Å². The molecule has 0 fully saturated rings. The third-order valence-corrected chi connectivity index (χ3v) is 1.56. The minimum Gasteiger partial charge on any atom is -0.545 e. The Kier molecular flexibility index (Phi) is 11.3. The van der Waals surface area contributed by atoms with Crippen molar-refractivity contribution in [3.63, 3.8) is 0 Å². The summed E-state index contributed by atoms with van der Waals surface area (Å²) in [5.41, 5.74) is 0.220. The molecule has 2 N–H and O–H groups in total. The quantitative estimate of drug-likeness (QED) is 0.558. The Morgan fingerprint density at radius 2 is 1.33 bits per heavy atom. The van der Waals surface area contributed by atoms with E-state index in [0.717, 1.165) is 0 Å². The van der Waals surface area contributed by atoms with E-state index in [1.807, 2.05) is 0 Å². The summed E-state index contributed by atoms with van der Waals surface area (Å²) in [5, 5.41) is 25.9.